The zero-order chi connectivity index (χ0) is 41.1. The second kappa shape index (κ2) is 12.8. The molecule has 62 heavy (non-hydrogen) atoms. The highest BCUT2D eigenvalue weighted by atomic mass is 16.3. The Labute approximate surface area is 351 Å². The number of hydrogen-bond acceptors (Lipinski definition) is 6. The summed E-state index contributed by atoms with van der Waals surface area (Å²) in [5, 5.41) is 28.0. The minimum atomic E-state index is 0.456. The molecule has 0 bridgehead atoms. The largest absolute Gasteiger partial charge is 0.454 e. The molecule has 0 saturated heterocycles. The number of benzene rings is 8. The van der Waals surface area contributed by atoms with Crippen LogP contribution in [0.25, 0.3) is 122 Å². The Morgan fingerprint density at radius 1 is 0.387 bits per heavy atom. The Bertz CT molecular complexity index is 3990. The number of furan rings is 2. The zero-order valence-electron chi connectivity index (χ0n) is 32.7. The molecule has 0 aliphatic rings. The number of nitriles is 2. The molecule has 13 rings (SSSR count). The lowest BCUT2D eigenvalue weighted by atomic mass is 10.0. The van der Waals surface area contributed by atoms with E-state index in [0.29, 0.717) is 50.8 Å². The van der Waals surface area contributed by atoms with Crippen molar-refractivity contribution in [2.45, 2.75) is 0 Å². The Kier molecular flexibility index (Phi) is 6.98. The molecule has 0 aliphatic heterocycles. The lowest BCUT2D eigenvalue weighted by Crippen LogP contribution is -2.05. The highest BCUT2D eigenvalue weighted by molar-refractivity contribution is 6.24. The van der Waals surface area contributed by atoms with E-state index in [1.165, 1.54) is 0 Å². The van der Waals surface area contributed by atoms with Gasteiger partial charge in [0.15, 0.2) is 11.2 Å². The number of para-hydroxylation sites is 7. The standard InChI is InChI=1S/C54H28N6O2/c55-29-31-12-8-18-38-40-20-10-22-42(52(40)61-50(31)38)44-28-45(43-23-11-21-41-39-19-9-13-32(30-56)51(39)62-53(41)43)58-54(57-44)60-47-25-7-5-17-35(47)37-27-26-36-34-16-4-6-24-46(34)59(48(36)49(37)60)33-14-2-1-3-15-33/h1-28H. The van der Waals surface area contributed by atoms with Crippen LogP contribution in [0, 0.1) is 22.7 Å². The average molecular weight is 793 g/mol. The van der Waals surface area contributed by atoms with Crippen LogP contribution in [0.3, 0.4) is 0 Å². The quantitative estimate of drug-likeness (QED) is 0.175. The van der Waals surface area contributed by atoms with Crippen molar-refractivity contribution >= 4 is 87.5 Å². The van der Waals surface area contributed by atoms with Gasteiger partial charge in [-0.1, -0.05) is 115 Å². The van der Waals surface area contributed by atoms with Crippen molar-refractivity contribution in [3.63, 3.8) is 0 Å². The van der Waals surface area contributed by atoms with Gasteiger partial charge < -0.3 is 13.4 Å². The van der Waals surface area contributed by atoms with Gasteiger partial charge in [-0.3, -0.25) is 4.57 Å². The van der Waals surface area contributed by atoms with Crippen LogP contribution in [0.15, 0.2) is 179 Å². The van der Waals surface area contributed by atoms with Crippen LogP contribution in [0.4, 0.5) is 0 Å². The van der Waals surface area contributed by atoms with Crippen molar-refractivity contribution in [1.29, 1.82) is 10.5 Å². The number of aromatic nitrogens is 4. The van der Waals surface area contributed by atoms with Crippen LogP contribution in [0.5, 0.6) is 0 Å². The van der Waals surface area contributed by atoms with Gasteiger partial charge in [0.1, 0.15) is 23.3 Å². The summed E-state index contributed by atoms with van der Waals surface area (Å²) in [6.45, 7) is 0. The molecule has 8 heteroatoms. The molecule has 0 fully saturated rings. The predicted octanol–water partition coefficient (Wildman–Crippen LogP) is 13.5. The molecule has 8 aromatic carbocycles. The summed E-state index contributed by atoms with van der Waals surface area (Å²) in [5.41, 5.74) is 11.1. The molecular formula is C54H28N6O2. The molecule has 0 atom stereocenters. The molecule has 13 aromatic rings. The molecule has 5 aromatic heterocycles. The highest BCUT2D eigenvalue weighted by Gasteiger charge is 2.25. The van der Waals surface area contributed by atoms with Crippen LogP contribution in [-0.2, 0) is 0 Å². The van der Waals surface area contributed by atoms with E-state index in [1.54, 1.807) is 12.1 Å². The van der Waals surface area contributed by atoms with Gasteiger partial charge in [-0.2, -0.15) is 10.5 Å². The summed E-state index contributed by atoms with van der Waals surface area (Å²) >= 11 is 0. The SMILES string of the molecule is N#Cc1cccc2c1oc1c(-c3cc(-c4cccc5c4oc4c(C#N)cccc45)nc(-n4c5ccccc5c5ccc6c7ccccc7n(-c7ccccc7)c6c54)n3)cccc12. The first-order chi connectivity index (χ1) is 30.7. The minimum absolute atomic E-state index is 0.456. The number of fused-ring (bicyclic) bond motifs is 13. The summed E-state index contributed by atoms with van der Waals surface area (Å²) in [5.74, 6) is 0.456. The van der Waals surface area contributed by atoms with Gasteiger partial charge >= 0.3 is 0 Å². The van der Waals surface area contributed by atoms with E-state index < -0.39 is 0 Å². The van der Waals surface area contributed by atoms with E-state index in [0.717, 1.165) is 82.0 Å². The maximum atomic E-state index is 10.0. The summed E-state index contributed by atoms with van der Waals surface area (Å²) in [4.78, 5) is 11.0. The highest BCUT2D eigenvalue weighted by Crippen LogP contribution is 2.44. The van der Waals surface area contributed by atoms with Gasteiger partial charge in [-0.25, -0.2) is 9.97 Å². The Morgan fingerprint density at radius 2 is 0.823 bits per heavy atom. The molecule has 0 spiro atoms. The van der Waals surface area contributed by atoms with Crippen LogP contribution in [0.1, 0.15) is 11.1 Å². The number of nitrogens with zero attached hydrogens (tertiary/aromatic N) is 6. The first kappa shape index (κ1) is 33.9. The Balaban J connectivity index is 1.19. The summed E-state index contributed by atoms with van der Waals surface area (Å²) in [6.07, 6.45) is 0. The molecule has 0 unspecified atom stereocenters. The third-order valence-corrected chi connectivity index (χ3v) is 12.2. The molecule has 5 heterocycles. The summed E-state index contributed by atoms with van der Waals surface area (Å²) < 4.78 is 17.8. The van der Waals surface area contributed by atoms with Crippen LogP contribution in [-0.4, -0.2) is 19.1 Å². The zero-order valence-corrected chi connectivity index (χ0v) is 32.7. The molecule has 0 radical (unpaired) electrons. The third-order valence-electron chi connectivity index (χ3n) is 12.2. The van der Waals surface area contributed by atoms with Crippen molar-refractivity contribution in [1.82, 2.24) is 19.1 Å². The number of hydrogen-bond donors (Lipinski definition) is 0. The van der Waals surface area contributed by atoms with E-state index in [1.807, 2.05) is 72.8 Å². The molecule has 286 valence electrons. The molecule has 0 saturated carbocycles. The number of rotatable bonds is 4. The third kappa shape index (κ3) is 4.63. The van der Waals surface area contributed by atoms with Crippen LogP contribution >= 0.6 is 0 Å². The average Bonchev–Trinajstić information content (AvgIpc) is 4.09. The van der Waals surface area contributed by atoms with Gasteiger partial charge in [0, 0.05) is 59.9 Å². The molecule has 0 N–H and O–H groups in total. The van der Waals surface area contributed by atoms with E-state index >= 15 is 0 Å². The summed E-state index contributed by atoms with van der Waals surface area (Å²) in [7, 11) is 0. The Hall–Kier alpha value is -8.98. The lowest BCUT2D eigenvalue weighted by molar-refractivity contribution is 0.668. The smallest absolute Gasteiger partial charge is 0.235 e. The van der Waals surface area contributed by atoms with E-state index in [-0.39, 0.29) is 0 Å². The van der Waals surface area contributed by atoms with Crippen molar-refractivity contribution in [2.75, 3.05) is 0 Å². The fourth-order valence-electron chi connectivity index (χ4n) is 9.58. The fourth-order valence-corrected chi connectivity index (χ4v) is 9.58. The predicted molar refractivity (Wildman–Crippen MR) is 246 cm³/mol. The van der Waals surface area contributed by atoms with E-state index in [9.17, 15) is 10.5 Å². The minimum Gasteiger partial charge on any atom is -0.454 e. The van der Waals surface area contributed by atoms with Crippen molar-refractivity contribution in [3.05, 3.63) is 181 Å². The van der Waals surface area contributed by atoms with Gasteiger partial charge in [-0.05, 0) is 54.6 Å². The van der Waals surface area contributed by atoms with Crippen molar-refractivity contribution < 1.29 is 8.83 Å². The van der Waals surface area contributed by atoms with Crippen molar-refractivity contribution in [3.8, 4) is 46.3 Å². The maximum absolute atomic E-state index is 10.0. The van der Waals surface area contributed by atoms with Gasteiger partial charge in [0.2, 0.25) is 5.95 Å². The van der Waals surface area contributed by atoms with Gasteiger partial charge in [0.05, 0.1) is 44.6 Å². The lowest BCUT2D eigenvalue weighted by Gasteiger charge is -2.14. The van der Waals surface area contributed by atoms with Crippen LogP contribution in [0.2, 0.25) is 0 Å². The molecule has 8 nitrogen and oxygen atoms in total. The first-order valence-electron chi connectivity index (χ1n) is 20.3. The second-order valence-corrected chi connectivity index (χ2v) is 15.5. The molecule has 0 aliphatic carbocycles. The van der Waals surface area contributed by atoms with E-state index in [4.69, 9.17) is 18.8 Å². The van der Waals surface area contributed by atoms with E-state index in [2.05, 4.69) is 106 Å². The van der Waals surface area contributed by atoms with Crippen molar-refractivity contribution in [2.24, 2.45) is 0 Å². The summed E-state index contributed by atoms with van der Waals surface area (Å²) in [6, 6.07) is 61.8. The topological polar surface area (TPSA) is 110 Å². The molecule has 0 amide bonds. The van der Waals surface area contributed by atoms with Gasteiger partial charge in [0.25, 0.3) is 0 Å². The molecular weight excluding hydrogens is 765 g/mol. The maximum Gasteiger partial charge on any atom is 0.235 e. The Morgan fingerprint density at radius 3 is 1.35 bits per heavy atom. The first-order valence-corrected chi connectivity index (χ1v) is 20.3. The fraction of sp³-hybridized carbons (Fsp3) is 0. The van der Waals surface area contributed by atoms with Gasteiger partial charge in [-0.15, -0.1) is 0 Å². The second-order valence-electron chi connectivity index (χ2n) is 15.5. The van der Waals surface area contributed by atoms with Crippen LogP contribution < -0.4 is 0 Å². The normalized spacial score (nSPS) is 11.8. The monoisotopic (exact) mass is 792 g/mol.